The molecule has 0 bridgehead atoms. The summed E-state index contributed by atoms with van der Waals surface area (Å²) < 4.78 is 0. The maximum Gasteiger partial charge on any atom is 0.373 e. The molecule has 2 nitrogen and oxygen atoms in total. The monoisotopic (exact) mass is 192 g/mol. The molecule has 0 N–H and O–H groups in total. The van der Waals surface area contributed by atoms with Gasteiger partial charge in [-0.25, -0.2) is 0 Å². The summed E-state index contributed by atoms with van der Waals surface area (Å²) in [6, 6.07) is 8.74. The van der Waals surface area contributed by atoms with Crippen molar-refractivity contribution in [3.8, 4) is 0 Å². The first-order chi connectivity index (χ1) is 6.41. The van der Waals surface area contributed by atoms with Crippen molar-refractivity contribution in [3.63, 3.8) is 0 Å². The smallest absolute Gasteiger partial charge is 0.186 e. The molecule has 0 aromatic heterocycles. The van der Waals surface area contributed by atoms with E-state index in [4.69, 9.17) is 9.59 Å². The number of hydrogen-bond donors (Lipinski definition) is 0. The quantitative estimate of drug-likeness (QED) is 0.633. The van der Waals surface area contributed by atoms with E-state index in [2.05, 4.69) is 52.0 Å². The fourth-order valence-corrected chi connectivity index (χ4v) is 1.05. The predicted octanol–water partition coefficient (Wildman–Crippen LogP) is 2.71. The lowest BCUT2D eigenvalue weighted by molar-refractivity contribution is -0.191. The Morgan fingerprint density at radius 1 is 1.00 bits per heavy atom. The summed E-state index contributed by atoms with van der Waals surface area (Å²) in [5, 5.41) is 0. The number of benzene rings is 1. The molecule has 1 aromatic carbocycles. The third kappa shape index (κ3) is 4.58. The van der Waals surface area contributed by atoms with Crippen LogP contribution in [0.25, 0.3) is 0 Å². The largest absolute Gasteiger partial charge is 0.373 e. The van der Waals surface area contributed by atoms with Gasteiger partial charge in [-0.1, -0.05) is 50.6 Å². The van der Waals surface area contributed by atoms with Crippen LogP contribution in [0.3, 0.4) is 0 Å². The highest BCUT2D eigenvalue weighted by atomic mass is 16.2. The first kappa shape index (κ1) is 12.6. The standard InChI is InChI=1S/C11H16.CO2/c1-9-5-7-10(8-6-9)11(2,3)4;2-1-3/h5-8H,1-4H3;. The summed E-state index contributed by atoms with van der Waals surface area (Å²) in [6.45, 7) is 8.82. The summed E-state index contributed by atoms with van der Waals surface area (Å²) >= 11 is 0. The van der Waals surface area contributed by atoms with E-state index in [1.54, 1.807) is 0 Å². The maximum atomic E-state index is 8.12. The van der Waals surface area contributed by atoms with Gasteiger partial charge in [0.2, 0.25) is 0 Å². The molecule has 0 amide bonds. The van der Waals surface area contributed by atoms with Crippen LogP contribution in [0.1, 0.15) is 31.9 Å². The highest BCUT2D eigenvalue weighted by Crippen LogP contribution is 2.21. The molecule has 0 atom stereocenters. The lowest BCUT2D eigenvalue weighted by Gasteiger charge is -2.18. The molecular formula is C12H16O2. The second-order valence-corrected chi connectivity index (χ2v) is 4.20. The molecule has 0 aliphatic rings. The van der Waals surface area contributed by atoms with E-state index in [9.17, 15) is 0 Å². The van der Waals surface area contributed by atoms with E-state index in [1.165, 1.54) is 11.1 Å². The minimum atomic E-state index is 0.250. The van der Waals surface area contributed by atoms with Crippen molar-refractivity contribution < 1.29 is 9.59 Å². The molecular weight excluding hydrogens is 176 g/mol. The second kappa shape index (κ2) is 5.36. The summed E-state index contributed by atoms with van der Waals surface area (Å²) in [6.07, 6.45) is 0.250. The van der Waals surface area contributed by atoms with Crippen molar-refractivity contribution in [3.05, 3.63) is 35.4 Å². The number of aryl methyl sites for hydroxylation is 1. The first-order valence-corrected chi connectivity index (χ1v) is 4.48. The molecule has 0 saturated heterocycles. The van der Waals surface area contributed by atoms with Gasteiger partial charge in [-0.15, -0.1) is 0 Å². The second-order valence-electron chi connectivity index (χ2n) is 4.20. The summed E-state index contributed by atoms with van der Waals surface area (Å²) in [4.78, 5) is 16.2. The van der Waals surface area contributed by atoms with Crippen molar-refractivity contribution in [2.45, 2.75) is 33.1 Å². The zero-order valence-electron chi connectivity index (χ0n) is 9.13. The summed E-state index contributed by atoms with van der Waals surface area (Å²) in [5.74, 6) is 0. The van der Waals surface area contributed by atoms with Crippen molar-refractivity contribution in [2.24, 2.45) is 0 Å². The summed E-state index contributed by atoms with van der Waals surface area (Å²) in [5.41, 5.74) is 3.02. The molecule has 14 heavy (non-hydrogen) atoms. The Bertz CT molecular complexity index is 298. The predicted molar refractivity (Wildman–Crippen MR) is 54.9 cm³/mol. The molecule has 0 radical (unpaired) electrons. The van der Waals surface area contributed by atoms with E-state index in [0.29, 0.717) is 0 Å². The molecule has 1 rings (SSSR count). The van der Waals surface area contributed by atoms with E-state index >= 15 is 0 Å². The van der Waals surface area contributed by atoms with Gasteiger partial charge >= 0.3 is 6.15 Å². The Kier molecular flexibility index (Phi) is 4.82. The Balaban J connectivity index is 0.000000500. The third-order valence-corrected chi connectivity index (χ3v) is 1.92. The Labute approximate surface area is 84.9 Å². The van der Waals surface area contributed by atoms with Crippen LogP contribution >= 0.6 is 0 Å². The highest BCUT2D eigenvalue weighted by molar-refractivity contribution is 5.26. The van der Waals surface area contributed by atoms with Crippen molar-refractivity contribution in [1.82, 2.24) is 0 Å². The number of rotatable bonds is 0. The zero-order chi connectivity index (χ0) is 11.2. The van der Waals surface area contributed by atoms with Gasteiger partial charge in [-0.05, 0) is 17.9 Å². The lowest BCUT2D eigenvalue weighted by Crippen LogP contribution is -2.10. The van der Waals surface area contributed by atoms with Crippen LogP contribution in [0.2, 0.25) is 0 Å². The molecule has 1 aromatic rings. The molecule has 0 aliphatic heterocycles. The average Bonchev–Trinajstić information content (AvgIpc) is 2.04. The van der Waals surface area contributed by atoms with E-state index in [1.807, 2.05) is 0 Å². The Morgan fingerprint density at radius 3 is 1.64 bits per heavy atom. The third-order valence-electron chi connectivity index (χ3n) is 1.92. The minimum absolute atomic E-state index is 0.250. The van der Waals surface area contributed by atoms with Gasteiger partial charge in [0.15, 0.2) is 0 Å². The molecule has 0 saturated carbocycles. The van der Waals surface area contributed by atoms with Gasteiger partial charge in [0, 0.05) is 0 Å². The molecule has 0 unspecified atom stereocenters. The fourth-order valence-electron chi connectivity index (χ4n) is 1.05. The molecule has 0 heterocycles. The molecule has 0 aliphatic carbocycles. The van der Waals surface area contributed by atoms with Crippen LogP contribution in [0.4, 0.5) is 0 Å². The van der Waals surface area contributed by atoms with Crippen LogP contribution in [0.5, 0.6) is 0 Å². The Morgan fingerprint density at radius 2 is 1.36 bits per heavy atom. The maximum absolute atomic E-state index is 8.12. The van der Waals surface area contributed by atoms with E-state index in [-0.39, 0.29) is 11.6 Å². The van der Waals surface area contributed by atoms with Gasteiger partial charge < -0.3 is 0 Å². The van der Waals surface area contributed by atoms with Crippen LogP contribution < -0.4 is 0 Å². The summed E-state index contributed by atoms with van der Waals surface area (Å²) in [7, 11) is 0. The molecule has 2 heteroatoms. The van der Waals surface area contributed by atoms with Crippen LogP contribution in [-0.4, -0.2) is 6.15 Å². The van der Waals surface area contributed by atoms with Crippen LogP contribution in [0, 0.1) is 6.92 Å². The number of carbonyl (C=O) groups excluding carboxylic acids is 2. The van der Waals surface area contributed by atoms with Gasteiger partial charge in [0.25, 0.3) is 0 Å². The average molecular weight is 192 g/mol. The first-order valence-electron chi connectivity index (χ1n) is 4.48. The number of hydrogen-bond acceptors (Lipinski definition) is 2. The highest BCUT2D eigenvalue weighted by Gasteiger charge is 2.11. The zero-order valence-corrected chi connectivity index (χ0v) is 9.13. The molecule has 76 valence electrons. The van der Waals surface area contributed by atoms with Gasteiger partial charge in [0.05, 0.1) is 0 Å². The van der Waals surface area contributed by atoms with E-state index in [0.717, 1.165) is 0 Å². The fraction of sp³-hybridized carbons (Fsp3) is 0.417. The van der Waals surface area contributed by atoms with Crippen LogP contribution in [0.15, 0.2) is 24.3 Å². The topological polar surface area (TPSA) is 34.1 Å². The minimum Gasteiger partial charge on any atom is -0.186 e. The van der Waals surface area contributed by atoms with Crippen molar-refractivity contribution >= 4 is 6.15 Å². The Hall–Kier alpha value is -1.40. The molecule has 0 spiro atoms. The van der Waals surface area contributed by atoms with Gasteiger partial charge in [0.1, 0.15) is 0 Å². The van der Waals surface area contributed by atoms with Crippen LogP contribution in [-0.2, 0) is 15.0 Å². The normalized spacial score (nSPS) is 9.71. The van der Waals surface area contributed by atoms with Gasteiger partial charge in [-0.2, -0.15) is 9.59 Å². The van der Waals surface area contributed by atoms with Gasteiger partial charge in [-0.3, -0.25) is 0 Å². The molecule has 0 fully saturated rings. The SMILES string of the molecule is Cc1ccc(C(C)(C)C)cc1.O=C=O. The van der Waals surface area contributed by atoms with Crippen molar-refractivity contribution in [1.29, 1.82) is 0 Å². The lowest BCUT2D eigenvalue weighted by atomic mass is 9.87. The van der Waals surface area contributed by atoms with E-state index < -0.39 is 0 Å². The van der Waals surface area contributed by atoms with Crippen molar-refractivity contribution in [2.75, 3.05) is 0 Å².